The van der Waals surface area contributed by atoms with Gasteiger partial charge in [-0.05, 0) is 57.2 Å². The summed E-state index contributed by atoms with van der Waals surface area (Å²) in [7, 11) is 0. The van der Waals surface area contributed by atoms with Crippen LogP contribution in [0.5, 0.6) is 0 Å². The summed E-state index contributed by atoms with van der Waals surface area (Å²) in [5.74, 6) is -0.324. The van der Waals surface area contributed by atoms with E-state index in [2.05, 4.69) is 41.5 Å². The lowest BCUT2D eigenvalue weighted by Crippen LogP contribution is -2.15. The number of unbranched alkanes of at least 4 members (excludes halogenated alkanes) is 1. The van der Waals surface area contributed by atoms with Crippen molar-refractivity contribution < 1.29 is 9.53 Å². The van der Waals surface area contributed by atoms with Gasteiger partial charge in [-0.1, -0.05) is 37.6 Å². The van der Waals surface area contributed by atoms with Crippen molar-refractivity contribution in [2.75, 3.05) is 13.2 Å². The van der Waals surface area contributed by atoms with E-state index in [1.165, 1.54) is 30.4 Å². The monoisotopic (exact) mass is 374 g/mol. The van der Waals surface area contributed by atoms with Crippen molar-refractivity contribution in [2.45, 2.75) is 59.4 Å². The number of aryl methyl sites for hydroxylation is 3. The molecule has 2 rings (SSSR count). The molecule has 0 radical (unpaired) electrons. The summed E-state index contributed by atoms with van der Waals surface area (Å²) in [5.41, 5.74) is 3.31. The summed E-state index contributed by atoms with van der Waals surface area (Å²) in [4.78, 5) is 17.1. The number of benzene rings is 1. The first-order valence-corrected chi connectivity index (χ1v) is 10.4. The van der Waals surface area contributed by atoms with Crippen LogP contribution < -0.4 is 5.32 Å². The zero-order valence-corrected chi connectivity index (χ0v) is 17.0. The molecule has 2 aromatic rings. The fourth-order valence-corrected chi connectivity index (χ4v) is 3.74. The predicted octanol–water partition coefficient (Wildman–Crippen LogP) is 4.69. The van der Waals surface area contributed by atoms with Crippen LogP contribution in [-0.2, 0) is 24.1 Å². The van der Waals surface area contributed by atoms with Crippen LogP contribution >= 0.6 is 11.3 Å². The zero-order valence-electron chi connectivity index (χ0n) is 16.1. The average molecular weight is 375 g/mol. The third-order valence-corrected chi connectivity index (χ3v) is 5.19. The molecule has 0 amide bonds. The summed E-state index contributed by atoms with van der Waals surface area (Å²) >= 11 is 1.56. The van der Waals surface area contributed by atoms with Crippen LogP contribution in [0.1, 0.15) is 64.6 Å². The molecule has 4 nitrogen and oxygen atoms in total. The molecule has 1 heterocycles. The van der Waals surface area contributed by atoms with Gasteiger partial charge >= 0.3 is 5.97 Å². The number of carbonyl (C=O) groups is 1. The van der Waals surface area contributed by atoms with E-state index in [1.54, 1.807) is 11.3 Å². The van der Waals surface area contributed by atoms with Crippen LogP contribution in [0.3, 0.4) is 0 Å². The Morgan fingerprint density at radius 1 is 1.19 bits per heavy atom. The molecule has 0 atom stereocenters. The number of thiazole rings is 1. The second kappa shape index (κ2) is 11.1. The molecule has 0 fully saturated rings. The fraction of sp³-hybridized carbons (Fsp3) is 0.524. The lowest BCUT2D eigenvalue weighted by Gasteiger charge is -2.06. The van der Waals surface area contributed by atoms with Gasteiger partial charge in [0, 0.05) is 11.4 Å². The fourth-order valence-electron chi connectivity index (χ4n) is 2.85. The van der Waals surface area contributed by atoms with Crippen molar-refractivity contribution in [3.8, 4) is 0 Å². The van der Waals surface area contributed by atoms with E-state index < -0.39 is 0 Å². The molecule has 0 saturated carbocycles. The molecule has 0 bridgehead atoms. The maximum atomic E-state index is 11.8. The number of hydrogen-bond acceptors (Lipinski definition) is 5. The van der Waals surface area contributed by atoms with Crippen LogP contribution in [0.4, 0.5) is 0 Å². The number of carbonyl (C=O) groups excluding carboxylic acids is 1. The highest BCUT2D eigenvalue weighted by molar-refractivity contribution is 7.11. The summed E-state index contributed by atoms with van der Waals surface area (Å²) in [6, 6.07) is 8.95. The SMILES string of the molecule is CCCCc1cccc(CCCNCc2nc(C(=O)OCC)c(C)s2)c1. The van der Waals surface area contributed by atoms with Crippen LogP contribution in [0.25, 0.3) is 0 Å². The molecular weight excluding hydrogens is 344 g/mol. The van der Waals surface area contributed by atoms with E-state index in [9.17, 15) is 4.79 Å². The minimum Gasteiger partial charge on any atom is -0.461 e. The number of nitrogens with zero attached hydrogens (tertiary/aromatic N) is 1. The molecule has 0 aliphatic heterocycles. The molecule has 0 aliphatic carbocycles. The standard InChI is InChI=1S/C21H30N2O2S/c1-4-6-9-17-10-7-11-18(14-17)12-8-13-22-15-19-23-20(16(3)26-19)21(24)25-5-2/h7,10-11,14,22H,4-6,8-9,12-13,15H2,1-3H3. The second-order valence-corrected chi connectivity index (χ2v) is 7.72. The molecule has 1 aromatic carbocycles. The second-order valence-electron chi connectivity index (χ2n) is 6.44. The first-order valence-electron chi connectivity index (χ1n) is 9.56. The van der Waals surface area contributed by atoms with Crippen molar-refractivity contribution >= 4 is 17.3 Å². The molecule has 5 heteroatoms. The van der Waals surface area contributed by atoms with Gasteiger partial charge < -0.3 is 10.1 Å². The molecule has 1 N–H and O–H groups in total. The lowest BCUT2D eigenvalue weighted by molar-refractivity contribution is 0.0519. The largest absolute Gasteiger partial charge is 0.461 e. The minimum absolute atomic E-state index is 0.324. The van der Waals surface area contributed by atoms with Gasteiger partial charge in [0.05, 0.1) is 6.61 Å². The molecule has 142 valence electrons. The summed E-state index contributed by atoms with van der Waals surface area (Å²) < 4.78 is 5.03. The van der Waals surface area contributed by atoms with Crippen LogP contribution in [-0.4, -0.2) is 24.1 Å². The molecule has 0 spiro atoms. The Morgan fingerprint density at radius 2 is 1.92 bits per heavy atom. The quantitative estimate of drug-likeness (QED) is 0.458. The van der Waals surface area contributed by atoms with Gasteiger partial charge in [0.1, 0.15) is 5.01 Å². The van der Waals surface area contributed by atoms with Crippen molar-refractivity contribution in [2.24, 2.45) is 0 Å². The van der Waals surface area contributed by atoms with E-state index in [-0.39, 0.29) is 5.97 Å². The molecule has 1 aromatic heterocycles. The van der Waals surface area contributed by atoms with E-state index in [0.29, 0.717) is 18.8 Å². The highest BCUT2D eigenvalue weighted by atomic mass is 32.1. The smallest absolute Gasteiger partial charge is 0.358 e. The molecule has 0 aliphatic rings. The van der Waals surface area contributed by atoms with E-state index in [0.717, 1.165) is 29.3 Å². The normalized spacial score (nSPS) is 10.9. The van der Waals surface area contributed by atoms with Gasteiger partial charge in [-0.25, -0.2) is 9.78 Å². The average Bonchev–Trinajstić information content (AvgIpc) is 3.01. The topological polar surface area (TPSA) is 51.2 Å². The third-order valence-electron chi connectivity index (χ3n) is 4.22. The Morgan fingerprint density at radius 3 is 2.62 bits per heavy atom. The summed E-state index contributed by atoms with van der Waals surface area (Å²) in [6.45, 7) is 7.96. The van der Waals surface area contributed by atoms with Crippen LogP contribution in [0.2, 0.25) is 0 Å². The number of ether oxygens (including phenoxy) is 1. The number of aromatic nitrogens is 1. The van der Waals surface area contributed by atoms with Gasteiger partial charge in [-0.2, -0.15) is 0 Å². The van der Waals surface area contributed by atoms with Crippen LogP contribution in [0, 0.1) is 6.92 Å². The number of nitrogens with one attached hydrogen (secondary N) is 1. The Balaban J connectivity index is 1.72. The summed E-state index contributed by atoms with van der Waals surface area (Å²) in [6.07, 6.45) is 5.84. The maximum absolute atomic E-state index is 11.8. The minimum atomic E-state index is -0.324. The Bertz CT molecular complexity index is 697. The Kier molecular flexibility index (Phi) is 8.78. The third kappa shape index (κ3) is 6.54. The van der Waals surface area contributed by atoms with Gasteiger partial charge in [-0.3, -0.25) is 0 Å². The predicted molar refractivity (Wildman–Crippen MR) is 108 cm³/mol. The number of esters is 1. The Hall–Kier alpha value is -1.72. The highest BCUT2D eigenvalue weighted by Crippen LogP contribution is 2.18. The van der Waals surface area contributed by atoms with Gasteiger partial charge in [0.15, 0.2) is 5.69 Å². The summed E-state index contributed by atoms with van der Waals surface area (Å²) in [5, 5.41) is 4.37. The number of rotatable bonds is 11. The van der Waals surface area contributed by atoms with E-state index in [4.69, 9.17) is 4.74 Å². The van der Waals surface area contributed by atoms with Crippen molar-refractivity contribution in [1.29, 1.82) is 0 Å². The van der Waals surface area contributed by atoms with Crippen molar-refractivity contribution in [1.82, 2.24) is 10.3 Å². The Labute approximate surface area is 161 Å². The van der Waals surface area contributed by atoms with Gasteiger partial charge in [0.2, 0.25) is 0 Å². The van der Waals surface area contributed by atoms with Gasteiger partial charge in [-0.15, -0.1) is 11.3 Å². The first-order chi connectivity index (χ1) is 12.6. The maximum Gasteiger partial charge on any atom is 0.358 e. The molecular formula is C21H30N2O2S. The van der Waals surface area contributed by atoms with E-state index >= 15 is 0 Å². The van der Waals surface area contributed by atoms with Crippen molar-refractivity contribution in [3.05, 3.63) is 51.0 Å². The van der Waals surface area contributed by atoms with Crippen LogP contribution in [0.15, 0.2) is 24.3 Å². The first kappa shape index (κ1) is 20.6. The molecule has 26 heavy (non-hydrogen) atoms. The molecule has 0 saturated heterocycles. The van der Waals surface area contributed by atoms with Crippen molar-refractivity contribution in [3.63, 3.8) is 0 Å². The highest BCUT2D eigenvalue weighted by Gasteiger charge is 2.15. The lowest BCUT2D eigenvalue weighted by atomic mass is 10.0. The van der Waals surface area contributed by atoms with Gasteiger partial charge in [0.25, 0.3) is 0 Å². The zero-order chi connectivity index (χ0) is 18.8. The van der Waals surface area contributed by atoms with E-state index in [1.807, 2.05) is 13.8 Å². The molecule has 0 unspecified atom stereocenters. The number of hydrogen-bond donors (Lipinski definition) is 1.